The van der Waals surface area contributed by atoms with Gasteiger partial charge in [-0.2, -0.15) is 0 Å². The number of likely N-dealkylation sites (tertiary alicyclic amines) is 1. The molecule has 1 aliphatic heterocycles. The van der Waals surface area contributed by atoms with Crippen LogP contribution in [0.15, 0.2) is 43.0 Å². The van der Waals surface area contributed by atoms with Crippen molar-refractivity contribution in [2.75, 3.05) is 19.6 Å². The van der Waals surface area contributed by atoms with Crippen LogP contribution >= 0.6 is 0 Å². The standard InChI is InChI=1S/C16H23N3O/c1-2-10-19-11-8-14(9-12-19)18-16(20)15(17)13-6-4-3-5-7-13/h2-7,14-15H,1,8-12,17H2,(H,18,20). The number of hydrogen-bond donors (Lipinski definition) is 2. The first-order valence-electron chi connectivity index (χ1n) is 7.15. The lowest BCUT2D eigenvalue weighted by Gasteiger charge is -2.32. The molecule has 1 heterocycles. The first kappa shape index (κ1) is 14.8. The number of amides is 1. The van der Waals surface area contributed by atoms with Crippen LogP contribution in [0.2, 0.25) is 0 Å². The van der Waals surface area contributed by atoms with Gasteiger partial charge in [0, 0.05) is 25.7 Å². The molecule has 1 saturated heterocycles. The number of nitrogens with zero attached hydrogens (tertiary/aromatic N) is 1. The van der Waals surface area contributed by atoms with E-state index in [2.05, 4.69) is 16.8 Å². The second kappa shape index (κ2) is 7.22. The van der Waals surface area contributed by atoms with E-state index in [4.69, 9.17) is 5.73 Å². The van der Waals surface area contributed by atoms with Gasteiger partial charge in [-0.1, -0.05) is 36.4 Å². The normalized spacial score (nSPS) is 18.4. The van der Waals surface area contributed by atoms with E-state index < -0.39 is 6.04 Å². The average Bonchev–Trinajstić information content (AvgIpc) is 2.49. The second-order valence-corrected chi connectivity index (χ2v) is 5.26. The van der Waals surface area contributed by atoms with Crippen LogP contribution in [-0.2, 0) is 4.79 Å². The number of nitrogens with one attached hydrogen (secondary N) is 1. The maximum Gasteiger partial charge on any atom is 0.241 e. The highest BCUT2D eigenvalue weighted by molar-refractivity contribution is 5.83. The van der Waals surface area contributed by atoms with Gasteiger partial charge in [0.15, 0.2) is 0 Å². The second-order valence-electron chi connectivity index (χ2n) is 5.26. The maximum absolute atomic E-state index is 12.2. The Bertz CT molecular complexity index is 438. The van der Waals surface area contributed by atoms with Gasteiger partial charge in [0.05, 0.1) is 0 Å². The lowest BCUT2D eigenvalue weighted by Crippen LogP contribution is -2.47. The Morgan fingerprint density at radius 1 is 1.40 bits per heavy atom. The van der Waals surface area contributed by atoms with Gasteiger partial charge in [0.1, 0.15) is 6.04 Å². The minimum absolute atomic E-state index is 0.0848. The van der Waals surface area contributed by atoms with E-state index in [0.29, 0.717) is 0 Å². The Balaban J connectivity index is 1.82. The van der Waals surface area contributed by atoms with E-state index in [9.17, 15) is 4.79 Å². The molecule has 0 saturated carbocycles. The zero-order valence-corrected chi connectivity index (χ0v) is 11.8. The third kappa shape index (κ3) is 3.92. The van der Waals surface area contributed by atoms with Crippen molar-refractivity contribution in [3.8, 4) is 0 Å². The molecule has 1 atom stereocenters. The van der Waals surface area contributed by atoms with Crippen molar-refractivity contribution >= 4 is 5.91 Å². The number of rotatable bonds is 5. The van der Waals surface area contributed by atoms with E-state index in [1.807, 2.05) is 36.4 Å². The predicted molar refractivity (Wildman–Crippen MR) is 81.2 cm³/mol. The highest BCUT2D eigenvalue weighted by Gasteiger charge is 2.23. The van der Waals surface area contributed by atoms with Crippen LogP contribution < -0.4 is 11.1 Å². The van der Waals surface area contributed by atoms with Crippen molar-refractivity contribution in [1.29, 1.82) is 0 Å². The molecule has 0 radical (unpaired) electrons. The molecule has 2 rings (SSSR count). The Kier molecular flexibility index (Phi) is 5.32. The van der Waals surface area contributed by atoms with E-state index in [1.54, 1.807) is 0 Å². The summed E-state index contributed by atoms with van der Waals surface area (Å²) >= 11 is 0. The Morgan fingerprint density at radius 3 is 2.65 bits per heavy atom. The van der Waals surface area contributed by atoms with Gasteiger partial charge in [-0.3, -0.25) is 9.69 Å². The third-order valence-corrected chi connectivity index (χ3v) is 3.76. The molecule has 1 unspecified atom stereocenters. The molecule has 0 bridgehead atoms. The smallest absolute Gasteiger partial charge is 0.241 e. The Hall–Kier alpha value is -1.65. The molecule has 1 aromatic carbocycles. The topological polar surface area (TPSA) is 58.4 Å². The lowest BCUT2D eigenvalue weighted by molar-refractivity contribution is -0.123. The summed E-state index contributed by atoms with van der Waals surface area (Å²) in [5.41, 5.74) is 6.85. The number of nitrogens with two attached hydrogens (primary N) is 1. The molecule has 1 aromatic rings. The maximum atomic E-state index is 12.2. The first-order valence-corrected chi connectivity index (χ1v) is 7.15. The van der Waals surface area contributed by atoms with Crippen LogP contribution in [-0.4, -0.2) is 36.5 Å². The largest absolute Gasteiger partial charge is 0.352 e. The monoisotopic (exact) mass is 273 g/mol. The highest BCUT2D eigenvalue weighted by Crippen LogP contribution is 2.13. The number of piperidine rings is 1. The van der Waals surface area contributed by atoms with E-state index >= 15 is 0 Å². The van der Waals surface area contributed by atoms with Crippen LogP contribution in [0.4, 0.5) is 0 Å². The van der Waals surface area contributed by atoms with Crippen molar-refractivity contribution in [2.24, 2.45) is 5.73 Å². The average molecular weight is 273 g/mol. The molecule has 1 fully saturated rings. The van der Waals surface area contributed by atoms with Gasteiger partial charge in [-0.25, -0.2) is 0 Å². The van der Waals surface area contributed by atoms with Crippen molar-refractivity contribution in [3.63, 3.8) is 0 Å². The molecule has 1 aliphatic rings. The number of hydrogen-bond acceptors (Lipinski definition) is 3. The van der Waals surface area contributed by atoms with Gasteiger partial charge >= 0.3 is 0 Å². The van der Waals surface area contributed by atoms with E-state index in [0.717, 1.165) is 38.0 Å². The zero-order valence-electron chi connectivity index (χ0n) is 11.8. The van der Waals surface area contributed by atoms with Gasteiger partial charge < -0.3 is 11.1 Å². The van der Waals surface area contributed by atoms with Crippen molar-refractivity contribution in [3.05, 3.63) is 48.6 Å². The molecule has 0 aromatic heterocycles. The van der Waals surface area contributed by atoms with Gasteiger partial charge in [0.2, 0.25) is 5.91 Å². The van der Waals surface area contributed by atoms with Crippen molar-refractivity contribution in [1.82, 2.24) is 10.2 Å². The molecule has 4 nitrogen and oxygen atoms in total. The van der Waals surface area contributed by atoms with Crippen LogP contribution in [0.1, 0.15) is 24.4 Å². The molecule has 20 heavy (non-hydrogen) atoms. The van der Waals surface area contributed by atoms with Crippen LogP contribution in [0.5, 0.6) is 0 Å². The summed E-state index contributed by atoms with van der Waals surface area (Å²) in [7, 11) is 0. The molecule has 3 N–H and O–H groups in total. The SMILES string of the molecule is C=CCN1CCC(NC(=O)C(N)c2ccccc2)CC1. The predicted octanol–water partition coefficient (Wildman–Crippen LogP) is 1.45. The number of benzene rings is 1. The summed E-state index contributed by atoms with van der Waals surface area (Å²) < 4.78 is 0. The van der Waals surface area contributed by atoms with Crippen molar-refractivity contribution < 1.29 is 4.79 Å². The van der Waals surface area contributed by atoms with Crippen LogP contribution in [0, 0.1) is 0 Å². The zero-order chi connectivity index (χ0) is 14.4. The fourth-order valence-corrected chi connectivity index (χ4v) is 2.55. The molecule has 1 amide bonds. The quantitative estimate of drug-likeness (QED) is 0.798. The molecule has 4 heteroatoms. The van der Waals surface area contributed by atoms with Gasteiger partial charge in [-0.15, -0.1) is 6.58 Å². The molecule has 0 spiro atoms. The summed E-state index contributed by atoms with van der Waals surface area (Å²) in [5.74, 6) is -0.0848. The number of carbonyl (C=O) groups is 1. The minimum Gasteiger partial charge on any atom is -0.352 e. The summed E-state index contributed by atoms with van der Waals surface area (Å²) in [6.07, 6.45) is 3.87. The fourth-order valence-electron chi connectivity index (χ4n) is 2.55. The number of carbonyl (C=O) groups excluding carboxylic acids is 1. The third-order valence-electron chi connectivity index (χ3n) is 3.76. The summed E-state index contributed by atoms with van der Waals surface area (Å²) in [5, 5.41) is 3.06. The lowest BCUT2D eigenvalue weighted by atomic mass is 10.0. The molecular formula is C16H23N3O. The fraction of sp³-hybridized carbons (Fsp3) is 0.438. The van der Waals surface area contributed by atoms with Gasteiger partial charge in [-0.05, 0) is 18.4 Å². The summed E-state index contributed by atoms with van der Waals surface area (Å²) in [6.45, 7) is 6.67. The van der Waals surface area contributed by atoms with E-state index in [1.165, 1.54) is 0 Å². The van der Waals surface area contributed by atoms with Crippen LogP contribution in [0.3, 0.4) is 0 Å². The summed E-state index contributed by atoms with van der Waals surface area (Å²) in [4.78, 5) is 14.5. The highest BCUT2D eigenvalue weighted by atomic mass is 16.2. The van der Waals surface area contributed by atoms with Gasteiger partial charge in [0.25, 0.3) is 0 Å². The molecular weight excluding hydrogens is 250 g/mol. The summed E-state index contributed by atoms with van der Waals surface area (Å²) in [6, 6.07) is 9.14. The minimum atomic E-state index is -0.581. The molecule has 108 valence electrons. The first-order chi connectivity index (χ1) is 9.70. The Labute approximate surface area is 120 Å². The van der Waals surface area contributed by atoms with Crippen molar-refractivity contribution in [2.45, 2.75) is 24.9 Å². The van der Waals surface area contributed by atoms with Crippen LogP contribution in [0.25, 0.3) is 0 Å². The Morgan fingerprint density at radius 2 is 2.05 bits per heavy atom. The van der Waals surface area contributed by atoms with E-state index in [-0.39, 0.29) is 11.9 Å². The molecule has 0 aliphatic carbocycles.